The van der Waals surface area contributed by atoms with Gasteiger partial charge in [-0.1, -0.05) is 13.8 Å². The molecule has 0 amide bonds. The van der Waals surface area contributed by atoms with E-state index >= 15 is 0 Å². The van der Waals surface area contributed by atoms with Crippen LogP contribution in [0.2, 0.25) is 0 Å². The highest BCUT2D eigenvalue weighted by Crippen LogP contribution is 2.67. The van der Waals surface area contributed by atoms with Crippen molar-refractivity contribution < 1.29 is 27.4 Å². The first kappa shape index (κ1) is 22.2. The van der Waals surface area contributed by atoms with E-state index in [1.54, 1.807) is 0 Å². The summed E-state index contributed by atoms with van der Waals surface area (Å²) in [4.78, 5) is 12.2. The molecule has 0 saturated heterocycles. The molecule has 4 aliphatic carbocycles. The molecule has 4 saturated carbocycles. The fraction of sp³-hybridized carbons (Fsp3) is 0.952. The van der Waals surface area contributed by atoms with Crippen molar-refractivity contribution >= 4 is 16.2 Å². The Morgan fingerprint density at radius 3 is 2.07 bits per heavy atom. The summed E-state index contributed by atoms with van der Waals surface area (Å²) in [5, 5.41) is 10.1. The van der Waals surface area contributed by atoms with Crippen molar-refractivity contribution in [1.29, 1.82) is 0 Å². The van der Waals surface area contributed by atoms with Crippen LogP contribution in [0, 0.1) is 40.4 Å². The molecule has 0 aromatic rings. The molecular formula is C21H36O6S. The van der Waals surface area contributed by atoms with Gasteiger partial charge < -0.3 is 5.11 Å². The van der Waals surface area contributed by atoms with Gasteiger partial charge in [0.2, 0.25) is 0 Å². The van der Waals surface area contributed by atoms with Crippen LogP contribution in [0.25, 0.3) is 0 Å². The molecule has 0 radical (unpaired) electrons. The quantitative estimate of drug-likeness (QED) is 0.558. The summed E-state index contributed by atoms with van der Waals surface area (Å²) in [6.07, 6.45) is 10.9. The number of rotatable bonds is 1. The van der Waals surface area contributed by atoms with E-state index in [-0.39, 0.29) is 11.5 Å². The topological polar surface area (TPSA) is 112 Å². The Morgan fingerprint density at radius 2 is 1.46 bits per heavy atom. The third-order valence-electron chi connectivity index (χ3n) is 9.13. The minimum Gasteiger partial charge on any atom is -0.393 e. The number of carbonyl (C=O) groups is 1. The predicted octanol–water partition coefficient (Wildman–Crippen LogP) is 3.94. The van der Waals surface area contributed by atoms with Crippen LogP contribution in [0.4, 0.5) is 0 Å². The Hall–Kier alpha value is -0.500. The maximum absolute atomic E-state index is 12.2. The summed E-state index contributed by atoms with van der Waals surface area (Å²) in [7, 11) is -4.67. The maximum atomic E-state index is 12.2. The SMILES string of the molecule is CC(=O)[C@H]1CC[C@H]2[C@@H]3CC[C@H]4C[C@@H](O)CC[C@]4(C)[C@H]3CC[C@]12C.O=S(=O)(O)O. The van der Waals surface area contributed by atoms with E-state index in [0.717, 1.165) is 42.9 Å². The summed E-state index contributed by atoms with van der Waals surface area (Å²) in [6.45, 7) is 6.80. The molecule has 0 bridgehead atoms. The van der Waals surface area contributed by atoms with Gasteiger partial charge in [0.25, 0.3) is 0 Å². The second kappa shape index (κ2) is 7.64. The van der Waals surface area contributed by atoms with Crippen molar-refractivity contribution in [2.45, 2.75) is 84.7 Å². The zero-order valence-corrected chi connectivity index (χ0v) is 18.1. The van der Waals surface area contributed by atoms with E-state index in [1.807, 2.05) is 6.92 Å². The monoisotopic (exact) mass is 416 g/mol. The van der Waals surface area contributed by atoms with Crippen LogP contribution in [-0.4, -0.2) is 34.5 Å². The Kier molecular flexibility index (Phi) is 6.05. The van der Waals surface area contributed by atoms with E-state index in [9.17, 15) is 9.90 Å². The molecule has 0 unspecified atom stereocenters. The number of fused-ring (bicyclic) bond motifs is 5. The van der Waals surface area contributed by atoms with E-state index in [2.05, 4.69) is 13.8 Å². The van der Waals surface area contributed by atoms with Gasteiger partial charge in [-0.25, -0.2) is 0 Å². The standard InChI is InChI=1S/C21H34O2.H2O4S/c1-13(22)17-6-7-18-16-5-4-14-12-15(23)8-10-20(14,2)19(16)9-11-21(17,18)3;1-5(2,3)4/h14-19,23H,4-12H2,1-3H3;(H2,1,2,3,4)/t14-,15-,16-,17+,18-,19-,20-,21+;/m0./s1. The zero-order chi connectivity index (χ0) is 20.9. The first-order valence-corrected chi connectivity index (χ1v) is 12.1. The fourth-order valence-electron chi connectivity index (χ4n) is 7.90. The normalized spacial score (nSPS) is 47.8. The Labute approximate surface area is 169 Å². The molecule has 7 heteroatoms. The third-order valence-corrected chi connectivity index (χ3v) is 9.13. The average molecular weight is 417 g/mol. The molecule has 0 aliphatic heterocycles. The number of Topliss-reactive ketones (excluding diaryl/α,β-unsaturated/α-hetero) is 1. The number of hydrogen-bond donors (Lipinski definition) is 3. The second-order valence-corrected chi connectivity index (χ2v) is 11.2. The molecule has 6 nitrogen and oxygen atoms in total. The van der Waals surface area contributed by atoms with Crippen molar-refractivity contribution in [3.05, 3.63) is 0 Å². The summed E-state index contributed by atoms with van der Waals surface area (Å²) < 4.78 is 31.6. The minimum atomic E-state index is -4.67. The molecule has 4 fully saturated rings. The van der Waals surface area contributed by atoms with Gasteiger partial charge in [-0.3, -0.25) is 13.9 Å². The second-order valence-electron chi connectivity index (χ2n) is 10.3. The number of ketones is 1. The number of hydrogen-bond acceptors (Lipinski definition) is 4. The van der Waals surface area contributed by atoms with Crippen LogP contribution in [0.5, 0.6) is 0 Å². The van der Waals surface area contributed by atoms with Gasteiger partial charge in [-0.2, -0.15) is 8.42 Å². The highest BCUT2D eigenvalue weighted by molar-refractivity contribution is 7.79. The molecule has 4 rings (SSSR count). The van der Waals surface area contributed by atoms with Crippen molar-refractivity contribution in [3.63, 3.8) is 0 Å². The Balaban J connectivity index is 0.000000403. The molecule has 0 aromatic carbocycles. The highest BCUT2D eigenvalue weighted by Gasteiger charge is 2.60. The van der Waals surface area contributed by atoms with E-state index < -0.39 is 10.4 Å². The van der Waals surface area contributed by atoms with Crippen LogP contribution in [0.3, 0.4) is 0 Å². The zero-order valence-electron chi connectivity index (χ0n) is 17.3. The first-order valence-electron chi connectivity index (χ1n) is 10.7. The third kappa shape index (κ3) is 4.05. The number of aliphatic hydroxyl groups is 1. The van der Waals surface area contributed by atoms with Gasteiger partial charge >= 0.3 is 10.4 Å². The van der Waals surface area contributed by atoms with E-state index in [0.29, 0.717) is 17.1 Å². The molecule has 8 atom stereocenters. The lowest BCUT2D eigenvalue weighted by molar-refractivity contribution is -0.138. The molecule has 4 aliphatic rings. The molecule has 0 aromatic heterocycles. The molecule has 0 spiro atoms. The Morgan fingerprint density at radius 1 is 0.893 bits per heavy atom. The molecule has 3 N–H and O–H groups in total. The first-order chi connectivity index (χ1) is 12.9. The van der Waals surface area contributed by atoms with E-state index in [4.69, 9.17) is 17.5 Å². The van der Waals surface area contributed by atoms with Gasteiger partial charge in [0.05, 0.1) is 6.10 Å². The molecular weight excluding hydrogens is 380 g/mol. The van der Waals surface area contributed by atoms with Crippen molar-refractivity contribution in [1.82, 2.24) is 0 Å². The predicted molar refractivity (Wildman–Crippen MR) is 106 cm³/mol. The van der Waals surface area contributed by atoms with Gasteiger partial charge in [0, 0.05) is 5.92 Å². The fourth-order valence-corrected chi connectivity index (χ4v) is 7.90. The summed E-state index contributed by atoms with van der Waals surface area (Å²) in [5.41, 5.74) is 0.738. The van der Waals surface area contributed by atoms with Gasteiger partial charge in [-0.15, -0.1) is 0 Å². The Bertz CT molecular complexity index is 698. The summed E-state index contributed by atoms with van der Waals surface area (Å²) in [5.74, 6) is 3.97. The summed E-state index contributed by atoms with van der Waals surface area (Å²) >= 11 is 0. The van der Waals surface area contributed by atoms with Crippen LogP contribution in [-0.2, 0) is 15.2 Å². The van der Waals surface area contributed by atoms with Crippen molar-refractivity contribution in [2.24, 2.45) is 40.4 Å². The minimum absolute atomic E-state index is 0.0490. The van der Waals surface area contributed by atoms with Crippen LogP contribution < -0.4 is 0 Å². The largest absolute Gasteiger partial charge is 0.394 e. The van der Waals surface area contributed by atoms with Crippen molar-refractivity contribution in [3.8, 4) is 0 Å². The van der Waals surface area contributed by atoms with Crippen LogP contribution in [0.15, 0.2) is 0 Å². The lowest BCUT2D eigenvalue weighted by Gasteiger charge is -2.60. The number of carbonyl (C=O) groups excluding carboxylic acids is 1. The highest BCUT2D eigenvalue weighted by atomic mass is 32.3. The van der Waals surface area contributed by atoms with E-state index in [1.165, 1.54) is 38.5 Å². The van der Waals surface area contributed by atoms with Gasteiger partial charge in [-0.05, 0) is 99.2 Å². The van der Waals surface area contributed by atoms with Crippen LogP contribution >= 0.6 is 0 Å². The maximum Gasteiger partial charge on any atom is 0.394 e. The lowest BCUT2D eigenvalue weighted by atomic mass is 9.44. The van der Waals surface area contributed by atoms with Gasteiger partial charge in [0.1, 0.15) is 5.78 Å². The van der Waals surface area contributed by atoms with Crippen molar-refractivity contribution in [2.75, 3.05) is 0 Å². The lowest BCUT2D eigenvalue weighted by Crippen LogP contribution is -2.54. The smallest absolute Gasteiger partial charge is 0.393 e. The molecule has 28 heavy (non-hydrogen) atoms. The summed E-state index contributed by atoms with van der Waals surface area (Å²) in [6, 6.07) is 0. The molecule has 0 heterocycles. The average Bonchev–Trinajstić information content (AvgIpc) is 2.91. The van der Waals surface area contributed by atoms with Crippen LogP contribution in [0.1, 0.15) is 78.6 Å². The number of aliphatic hydroxyl groups excluding tert-OH is 1. The molecule has 162 valence electrons. The van der Waals surface area contributed by atoms with Gasteiger partial charge in [0.15, 0.2) is 0 Å².